The molecule has 0 radical (unpaired) electrons. The molecule has 0 aromatic rings. The predicted octanol–water partition coefficient (Wildman–Crippen LogP) is -1.54. The fourth-order valence-electron chi connectivity index (χ4n) is 1.28. The highest BCUT2D eigenvalue weighted by Crippen LogP contribution is 2.14. The number of ether oxygens (including phenoxy) is 2. The van der Waals surface area contributed by atoms with Crippen molar-refractivity contribution in [2.45, 2.75) is 12.2 Å². The van der Waals surface area contributed by atoms with E-state index in [1.165, 1.54) is 0 Å². The van der Waals surface area contributed by atoms with E-state index >= 15 is 0 Å². The Kier molecular flexibility index (Phi) is 4.46. The summed E-state index contributed by atoms with van der Waals surface area (Å²) in [4.78, 5) is 11.1. The monoisotopic (exact) mass is 334 g/mol. The van der Waals surface area contributed by atoms with Crippen molar-refractivity contribution in [1.29, 1.82) is 0 Å². The summed E-state index contributed by atoms with van der Waals surface area (Å²) in [7, 11) is -8.03. The highest BCUT2D eigenvalue weighted by Gasteiger charge is 2.33. The largest absolute Gasteiger partial charge is 0.508 e. The van der Waals surface area contributed by atoms with Crippen LogP contribution in [-0.2, 0) is 47.0 Å². The van der Waals surface area contributed by atoms with Crippen molar-refractivity contribution in [3.8, 4) is 0 Å². The zero-order valence-electron chi connectivity index (χ0n) is 9.79. The number of rotatable bonds is 4. The van der Waals surface area contributed by atoms with Crippen LogP contribution in [0.1, 0.15) is 0 Å². The summed E-state index contributed by atoms with van der Waals surface area (Å²) in [6, 6.07) is 0. The summed E-state index contributed by atoms with van der Waals surface area (Å²) in [6.07, 6.45) is -3.02. The molecule has 0 aromatic heterocycles. The molecule has 2 atom stereocenters. The Morgan fingerprint density at radius 2 is 1.30 bits per heavy atom. The van der Waals surface area contributed by atoms with Crippen molar-refractivity contribution in [2.75, 3.05) is 26.4 Å². The molecule has 0 N–H and O–H groups in total. The van der Waals surface area contributed by atoms with Crippen molar-refractivity contribution in [3.63, 3.8) is 0 Å². The molecule has 0 bridgehead atoms. The number of carbonyl (C=O) groups is 1. The molecule has 2 unspecified atom stereocenters. The number of carbonyl (C=O) groups excluding carboxylic acids is 1. The van der Waals surface area contributed by atoms with Gasteiger partial charge in [0.15, 0.2) is 0 Å². The van der Waals surface area contributed by atoms with Crippen LogP contribution in [0.25, 0.3) is 0 Å². The third-order valence-corrected chi connectivity index (χ3v) is 3.94. The molecule has 2 saturated heterocycles. The molecule has 2 fully saturated rings. The molecular weight excluding hydrogens is 324 g/mol. The summed E-state index contributed by atoms with van der Waals surface area (Å²) >= 11 is 0. The van der Waals surface area contributed by atoms with Gasteiger partial charge in [0.25, 0.3) is 0 Å². The average Bonchev–Trinajstić information content (AvgIpc) is 2.86. The van der Waals surface area contributed by atoms with Crippen LogP contribution in [0.4, 0.5) is 4.79 Å². The standard InChI is InChI=1S/C7H10O11S2/c8-7(13-1-5-3-15-19(9,10)17-5)14-2-6-4-16-20(11,12)18-6/h5-6H,1-4H2. The molecule has 11 nitrogen and oxygen atoms in total. The molecule has 116 valence electrons. The van der Waals surface area contributed by atoms with Crippen molar-refractivity contribution in [1.82, 2.24) is 0 Å². The molecule has 2 aliphatic rings. The smallest absolute Gasteiger partial charge is 0.431 e. The second-order valence-electron chi connectivity index (χ2n) is 3.69. The van der Waals surface area contributed by atoms with E-state index in [2.05, 4.69) is 26.2 Å². The Bertz CT molecular complexity index is 514. The summed E-state index contributed by atoms with van der Waals surface area (Å²) in [5, 5.41) is 0. The van der Waals surface area contributed by atoms with Gasteiger partial charge in [0, 0.05) is 0 Å². The lowest BCUT2D eigenvalue weighted by molar-refractivity contribution is 0.0134. The van der Waals surface area contributed by atoms with Gasteiger partial charge in [-0.1, -0.05) is 0 Å². The van der Waals surface area contributed by atoms with E-state index in [9.17, 15) is 21.6 Å². The maximum absolute atomic E-state index is 11.1. The number of hydrogen-bond donors (Lipinski definition) is 0. The molecule has 0 spiro atoms. The van der Waals surface area contributed by atoms with Crippen LogP contribution in [0.2, 0.25) is 0 Å². The molecule has 2 rings (SSSR count). The molecule has 0 aliphatic carbocycles. The van der Waals surface area contributed by atoms with Crippen LogP contribution >= 0.6 is 0 Å². The minimum absolute atomic E-state index is 0.270. The van der Waals surface area contributed by atoms with Gasteiger partial charge in [-0.05, 0) is 0 Å². The van der Waals surface area contributed by atoms with Gasteiger partial charge in [0.2, 0.25) is 0 Å². The van der Waals surface area contributed by atoms with Gasteiger partial charge in [-0.15, -0.1) is 0 Å². The lowest BCUT2D eigenvalue weighted by Gasteiger charge is -2.09. The SMILES string of the molecule is O=C(OCC1COS(=O)(=O)O1)OCC1COS(=O)(=O)O1. The van der Waals surface area contributed by atoms with E-state index in [-0.39, 0.29) is 13.2 Å². The van der Waals surface area contributed by atoms with E-state index in [0.717, 1.165) is 0 Å². The first-order valence-electron chi connectivity index (χ1n) is 5.20. The Hall–Kier alpha value is -0.990. The van der Waals surface area contributed by atoms with E-state index in [4.69, 9.17) is 0 Å². The van der Waals surface area contributed by atoms with Crippen LogP contribution in [0.3, 0.4) is 0 Å². The highest BCUT2D eigenvalue weighted by molar-refractivity contribution is 7.82. The first kappa shape index (κ1) is 15.4. The zero-order chi connectivity index (χ0) is 14.8. The highest BCUT2D eigenvalue weighted by atomic mass is 32.3. The van der Waals surface area contributed by atoms with Gasteiger partial charge in [-0.25, -0.2) is 21.5 Å². The van der Waals surface area contributed by atoms with Crippen molar-refractivity contribution < 1.29 is 47.8 Å². The summed E-state index contributed by atoms with van der Waals surface area (Å²) in [5.41, 5.74) is 0. The fraction of sp³-hybridized carbons (Fsp3) is 0.857. The molecule has 0 aromatic carbocycles. The van der Waals surface area contributed by atoms with Crippen molar-refractivity contribution in [3.05, 3.63) is 0 Å². The Morgan fingerprint density at radius 1 is 0.900 bits per heavy atom. The fourth-order valence-corrected chi connectivity index (χ4v) is 2.92. The second-order valence-corrected chi connectivity index (χ2v) is 6.18. The first-order chi connectivity index (χ1) is 9.26. The molecule has 0 saturated carbocycles. The van der Waals surface area contributed by atoms with E-state index in [1.807, 2.05) is 0 Å². The predicted molar refractivity (Wildman–Crippen MR) is 56.8 cm³/mol. The molecule has 13 heteroatoms. The third-order valence-electron chi connectivity index (χ3n) is 2.08. The molecular formula is C7H10O11S2. The van der Waals surface area contributed by atoms with Crippen molar-refractivity contribution in [2.24, 2.45) is 0 Å². The minimum Gasteiger partial charge on any atom is -0.431 e. The maximum atomic E-state index is 11.1. The van der Waals surface area contributed by atoms with Crippen LogP contribution in [0.5, 0.6) is 0 Å². The number of hydrogen-bond acceptors (Lipinski definition) is 11. The summed E-state index contributed by atoms with van der Waals surface area (Å²) in [6.45, 7) is -1.32. The normalized spacial score (nSPS) is 31.0. The van der Waals surface area contributed by atoms with Gasteiger partial charge >= 0.3 is 27.0 Å². The molecule has 2 heterocycles. The van der Waals surface area contributed by atoms with Gasteiger partial charge in [-0.3, -0.25) is 0 Å². The van der Waals surface area contributed by atoms with Gasteiger partial charge in [0.1, 0.15) is 25.4 Å². The van der Waals surface area contributed by atoms with Gasteiger partial charge in [-0.2, -0.15) is 16.8 Å². The minimum atomic E-state index is -4.02. The third kappa shape index (κ3) is 4.53. The summed E-state index contributed by atoms with van der Waals surface area (Å²) < 4.78 is 69.4. The second kappa shape index (κ2) is 5.79. The quantitative estimate of drug-likeness (QED) is 0.552. The topological polar surface area (TPSA) is 141 Å². The lowest BCUT2D eigenvalue weighted by Crippen LogP contribution is -2.25. The zero-order valence-corrected chi connectivity index (χ0v) is 11.4. The van der Waals surface area contributed by atoms with Crippen LogP contribution in [0, 0.1) is 0 Å². The van der Waals surface area contributed by atoms with Crippen molar-refractivity contribution >= 4 is 27.0 Å². The lowest BCUT2D eigenvalue weighted by atomic mass is 10.4. The maximum Gasteiger partial charge on any atom is 0.508 e. The van der Waals surface area contributed by atoms with Gasteiger partial charge in [0.05, 0.1) is 13.2 Å². The van der Waals surface area contributed by atoms with E-state index < -0.39 is 52.4 Å². The van der Waals surface area contributed by atoms with E-state index in [0.29, 0.717) is 0 Å². The van der Waals surface area contributed by atoms with Crippen LogP contribution in [-0.4, -0.2) is 61.6 Å². The average molecular weight is 334 g/mol. The first-order valence-corrected chi connectivity index (χ1v) is 7.87. The molecule has 0 amide bonds. The Morgan fingerprint density at radius 3 is 1.60 bits per heavy atom. The Labute approximate surface area is 114 Å². The van der Waals surface area contributed by atoms with Gasteiger partial charge < -0.3 is 9.47 Å². The van der Waals surface area contributed by atoms with Crippen LogP contribution in [0.15, 0.2) is 0 Å². The molecule has 20 heavy (non-hydrogen) atoms. The molecule has 2 aliphatic heterocycles. The Balaban J connectivity index is 1.64. The van der Waals surface area contributed by atoms with E-state index in [1.54, 1.807) is 0 Å². The summed E-state index contributed by atoms with van der Waals surface area (Å²) in [5.74, 6) is 0. The van der Waals surface area contributed by atoms with Crippen LogP contribution < -0.4 is 0 Å².